The van der Waals surface area contributed by atoms with Crippen molar-refractivity contribution in [2.24, 2.45) is 0 Å². The monoisotopic (exact) mass is 830 g/mol. The van der Waals surface area contributed by atoms with Crippen LogP contribution in [-0.4, -0.2) is 19.5 Å². The van der Waals surface area contributed by atoms with Gasteiger partial charge in [-0.25, -0.2) is 15.0 Å². The zero-order chi connectivity index (χ0) is 42.6. The van der Waals surface area contributed by atoms with Gasteiger partial charge in [-0.3, -0.25) is 0 Å². The number of hydrogen-bond acceptors (Lipinski definition) is 5. The van der Waals surface area contributed by atoms with Crippen molar-refractivity contribution in [1.29, 1.82) is 0 Å². The third-order valence-corrected chi connectivity index (χ3v) is 13.0. The quantitative estimate of drug-likeness (QED) is 0.173. The molecule has 14 aromatic rings. The van der Waals surface area contributed by atoms with E-state index in [1.807, 2.05) is 30.3 Å². The zero-order valence-electron chi connectivity index (χ0n) is 34.7. The van der Waals surface area contributed by atoms with Crippen LogP contribution in [0.3, 0.4) is 0 Å². The van der Waals surface area contributed by atoms with Gasteiger partial charge in [0.2, 0.25) is 0 Å². The largest absolute Gasteiger partial charge is 0.456 e. The van der Waals surface area contributed by atoms with Crippen LogP contribution in [-0.2, 0) is 0 Å². The molecular weight excluding hydrogens is 797 g/mol. The predicted molar refractivity (Wildman–Crippen MR) is 265 cm³/mol. The van der Waals surface area contributed by atoms with Gasteiger partial charge in [0, 0.05) is 43.4 Å². The minimum absolute atomic E-state index is 0.509. The van der Waals surface area contributed by atoms with E-state index in [0.717, 1.165) is 110 Å². The minimum Gasteiger partial charge on any atom is -0.456 e. The molecule has 14 rings (SSSR count). The second-order valence-electron chi connectivity index (χ2n) is 16.8. The van der Waals surface area contributed by atoms with Crippen molar-refractivity contribution >= 4 is 87.2 Å². The summed E-state index contributed by atoms with van der Waals surface area (Å²) in [6.45, 7) is 0. The predicted octanol–water partition coefficient (Wildman–Crippen LogP) is 15.7. The fourth-order valence-corrected chi connectivity index (χ4v) is 9.91. The molecule has 6 nitrogen and oxygen atoms in total. The van der Waals surface area contributed by atoms with Crippen LogP contribution in [0, 0.1) is 0 Å². The van der Waals surface area contributed by atoms with Crippen LogP contribution in [0.4, 0.5) is 0 Å². The number of hydrogen-bond donors (Lipinski definition) is 0. The fourth-order valence-electron chi connectivity index (χ4n) is 9.91. The number of furan rings is 2. The first-order valence-electron chi connectivity index (χ1n) is 21.8. The van der Waals surface area contributed by atoms with Crippen molar-refractivity contribution in [3.8, 4) is 51.0 Å². The lowest BCUT2D eigenvalue weighted by Gasteiger charge is -2.15. The second-order valence-corrected chi connectivity index (χ2v) is 16.8. The Morgan fingerprint density at radius 2 is 0.892 bits per heavy atom. The maximum absolute atomic E-state index is 6.82. The lowest BCUT2D eigenvalue weighted by Crippen LogP contribution is -2.04. The highest BCUT2D eigenvalue weighted by molar-refractivity contribution is 6.16. The SMILES string of the molecule is c1ccc(-c2cccc(-c3nc(-c4cc5oc6cc7ccccc7cc6c5cc4-n4c5ccccc5c5cc6ccccc6cc54)nc(-c4cccc5c4oc4ccccc45)n3)c2)cc1. The number of aromatic nitrogens is 4. The summed E-state index contributed by atoms with van der Waals surface area (Å²) in [5.74, 6) is 1.57. The highest BCUT2D eigenvalue weighted by Gasteiger charge is 2.24. The average molecular weight is 831 g/mol. The van der Waals surface area contributed by atoms with Gasteiger partial charge >= 0.3 is 0 Å². The summed E-state index contributed by atoms with van der Waals surface area (Å²) in [5.41, 5.74) is 10.8. The van der Waals surface area contributed by atoms with E-state index in [2.05, 4.69) is 180 Å². The van der Waals surface area contributed by atoms with E-state index in [1.165, 1.54) is 10.8 Å². The molecule has 0 aliphatic rings. The third-order valence-electron chi connectivity index (χ3n) is 13.0. The smallest absolute Gasteiger partial charge is 0.167 e. The van der Waals surface area contributed by atoms with Crippen LogP contribution in [0.5, 0.6) is 0 Å². The van der Waals surface area contributed by atoms with E-state index >= 15 is 0 Å². The number of benzene rings is 10. The highest BCUT2D eigenvalue weighted by atomic mass is 16.3. The molecule has 0 N–H and O–H groups in total. The molecule has 65 heavy (non-hydrogen) atoms. The fraction of sp³-hybridized carbons (Fsp3) is 0. The first kappa shape index (κ1) is 35.7. The van der Waals surface area contributed by atoms with Gasteiger partial charge in [-0.1, -0.05) is 146 Å². The van der Waals surface area contributed by atoms with Crippen molar-refractivity contribution < 1.29 is 8.83 Å². The molecule has 0 bridgehead atoms. The molecule has 0 fully saturated rings. The van der Waals surface area contributed by atoms with Crippen molar-refractivity contribution in [1.82, 2.24) is 19.5 Å². The number of rotatable bonds is 5. The van der Waals surface area contributed by atoms with Crippen LogP contribution >= 0.6 is 0 Å². The second kappa shape index (κ2) is 13.8. The third kappa shape index (κ3) is 5.57. The van der Waals surface area contributed by atoms with Crippen molar-refractivity contribution in [2.75, 3.05) is 0 Å². The van der Waals surface area contributed by atoms with Gasteiger partial charge in [-0.15, -0.1) is 0 Å². The van der Waals surface area contributed by atoms with Crippen molar-refractivity contribution in [2.45, 2.75) is 0 Å². The maximum atomic E-state index is 6.82. The molecule has 302 valence electrons. The maximum Gasteiger partial charge on any atom is 0.167 e. The Balaban J connectivity index is 1.10. The van der Waals surface area contributed by atoms with Crippen molar-refractivity contribution in [3.63, 3.8) is 0 Å². The Hall–Kier alpha value is -8.87. The van der Waals surface area contributed by atoms with Crippen LogP contribution in [0.15, 0.2) is 215 Å². The van der Waals surface area contributed by atoms with E-state index in [-0.39, 0.29) is 0 Å². The summed E-state index contributed by atoms with van der Waals surface area (Å²) < 4.78 is 15.8. The van der Waals surface area contributed by atoms with E-state index in [0.29, 0.717) is 17.5 Å². The molecular formula is C59H34N4O2. The Bertz CT molecular complexity index is 4250. The average Bonchev–Trinajstić information content (AvgIpc) is 4.03. The van der Waals surface area contributed by atoms with Crippen LogP contribution < -0.4 is 0 Å². The van der Waals surface area contributed by atoms with E-state index in [1.54, 1.807) is 0 Å². The van der Waals surface area contributed by atoms with Crippen LogP contribution in [0.25, 0.3) is 138 Å². The molecule has 0 amide bonds. The Morgan fingerprint density at radius 3 is 1.72 bits per heavy atom. The van der Waals surface area contributed by atoms with E-state index in [9.17, 15) is 0 Å². The molecule has 0 saturated heterocycles. The summed E-state index contributed by atoms with van der Waals surface area (Å²) >= 11 is 0. The Labute approximate surface area is 371 Å². The minimum atomic E-state index is 0.509. The summed E-state index contributed by atoms with van der Waals surface area (Å²) in [6.07, 6.45) is 0. The van der Waals surface area contributed by atoms with Gasteiger partial charge in [0.15, 0.2) is 17.5 Å². The normalized spacial score (nSPS) is 12.0. The van der Waals surface area contributed by atoms with Gasteiger partial charge in [0.25, 0.3) is 0 Å². The topological polar surface area (TPSA) is 69.9 Å². The highest BCUT2D eigenvalue weighted by Crippen LogP contribution is 2.43. The molecule has 4 aromatic heterocycles. The molecule has 10 aromatic carbocycles. The summed E-state index contributed by atoms with van der Waals surface area (Å²) in [4.78, 5) is 16.2. The molecule has 0 radical (unpaired) electrons. The standard InChI is InChI=1S/C59H34N4O2/c1-2-14-35(15-3-1)36-20-12-21-41(28-36)57-60-58(45-25-13-24-44-43-23-9-11-27-53(43)65-56(44)45)62-59(61-57)49-34-55-48(47-30-38-17-5-7-19-40(38)32-54(47)64-55)33-52(49)63-50-26-10-8-22-42(50)46-29-37-16-4-6-18-39(37)31-51(46)63/h1-34H. The van der Waals surface area contributed by atoms with Gasteiger partial charge in [-0.05, 0) is 93.3 Å². The van der Waals surface area contributed by atoms with Crippen LogP contribution in [0.2, 0.25) is 0 Å². The summed E-state index contributed by atoms with van der Waals surface area (Å²) in [5, 5.41) is 11.1. The molecule has 0 unspecified atom stereocenters. The first-order chi connectivity index (χ1) is 32.2. The van der Waals surface area contributed by atoms with E-state index in [4.69, 9.17) is 23.8 Å². The molecule has 0 aliphatic heterocycles. The number of nitrogens with zero attached hydrogens (tertiary/aromatic N) is 4. The zero-order valence-corrected chi connectivity index (χ0v) is 34.7. The summed E-state index contributed by atoms with van der Waals surface area (Å²) in [7, 11) is 0. The number of para-hydroxylation sites is 3. The molecule has 0 saturated carbocycles. The van der Waals surface area contributed by atoms with Crippen molar-refractivity contribution in [3.05, 3.63) is 206 Å². The molecule has 0 spiro atoms. The van der Waals surface area contributed by atoms with Gasteiger partial charge in [-0.2, -0.15) is 0 Å². The lowest BCUT2D eigenvalue weighted by atomic mass is 10.0. The Morgan fingerprint density at radius 1 is 0.308 bits per heavy atom. The van der Waals surface area contributed by atoms with E-state index < -0.39 is 0 Å². The summed E-state index contributed by atoms with van der Waals surface area (Å²) in [6, 6.07) is 72.2. The Kier molecular flexibility index (Phi) is 7.59. The van der Waals surface area contributed by atoms with Gasteiger partial charge < -0.3 is 13.4 Å². The molecule has 0 atom stereocenters. The molecule has 6 heteroatoms. The first-order valence-corrected chi connectivity index (χ1v) is 21.8. The number of fused-ring (bicyclic) bond motifs is 11. The van der Waals surface area contributed by atoms with Crippen LogP contribution in [0.1, 0.15) is 0 Å². The molecule has 0 aliphatic carbocycles. The van der Waals surface area contributed by atoms with Gasteiger partial charge in [0.1, 0.15) is 22.3 Å². The lowest BCUT2D eigenvalue weighted by molar-refractivity contribution is 0.669. The van der Waals surface area contributed by atoms with Gasteiger partial charge in [0.05, 0.1) is 22.3 Å². The molecule has 4 heterocycles.